The maximum Gasteiger partial charge on any atom is 0.253 e. The monoisotopic (exact) mass is 330 g/mol. The maximum atomic E-state index is 12.1. The first-order valence-corrected chi connectivity index (χ1v) is 7.26. The van der Waals surface area contributed by atoms with Gasteiger partial charge in [0.05, 0.1) is 10.6 Å². The third-order valence-corrected chi connectivity index (χ3v) is 4.12. The highest BCUT2D eigenvalue weighted by Gasteiger charge is 2.24. The number of hydrogen-bond donors (Lipinski definition) is 2. The number of nitrogens with two attached hydrogens (primary N) is 1. The van der Waals surface area contributed by atoms with Crippen LogP contribution in [-0.2, 0) is 0 Å². The Kier molecular flexibility index (Phi) is 4.65. The van der Waals surface area contributed by atoms with Crippen LogP contribution < -0.4 is 11.1 Å². The number of nitrogens with one attached hydrogen (secondary N) is 1. The second-order valence-electron chi connectivity index (χ2n) is 4.65. The molecule has 98 valence electrons. The highest BCUT2D eigenvalue weighted by molar-refractivity contribution is 9.10. The van der Waals surface area contributed by atoms with E-state index in [-0.39, 0.29) is 18.0 Å². The van der Waals surface area contributed by atoms with Crippen LogP contribution in [0.5, 0.6) is 0 Å². The van der Waals surface area contributed by atoms with Crippen LogP contribution in [0.2, 0.25) is 5.02 Å². The molecule has 2 atom stereocenters. The van der Waals surface area contributed by atoms with E-state index in [9.17, 15) is 4.79 Å². The predicted octanol–water partition coefficient (Wildman–Crippen LogP) is 3.10. The van der Waals surface area contributed by atoms with E-state index in [1.54, 1.807) is 12.1 Å². The van der Waals surface area contributed by atoms with E-state index in [1.807, 2.05) is 6.07 Å². The Hall–Kier alpha value is -0.580. The molecule has 5 heteroatoms. The predicted molar refractivity (Wildman–Crippen MR) is 76.8 cm³/mol. The molecule has 1 aliphatic rings. The molecule has 0 spiro atoms. The summed E-state index contributed by atoms with van der Waals surface area (Å²) in [6, 6.07) is 5.36. The molecule has 2 rings (SSSR count). The van der Waals surface area contributed by atoms with Crippen molar-refractivity contribution in [1.82, 2.24) is 5.32 Å². The summed E-state index contributed by atoms with van der Waals surface area (Å²) in [5, 5.41) is 3.43. The van der Waals surface area contributed by atoms with Gasteiger partial charge in [-0.05, 0) is 31.0 Å². The molecule has 0 aliphatic heterocycles. The number of carbonyl (C=O) groups excluding carboxylic acids is 1. The minimum absolute atomic E-state index is 0.0527. The number of amides is 1. The van der Waals surface area contributed by atoms with Crippen LogP contribution in [0.25, 0.3) is 0 Å². The Morgan fingerprint density at radius 3 is 2.78 bits per heavy atom. The first-order chi connectivity index (χ1) is 8.58. The lowest BCUT2D eigenvalue weighted by molar-refractivity contribution is 0.0921. The summed E-state index contributed by atoms with van der Waals surface area (Å²) >= 11 is 9.37. The van der Waals surface area contributed by atoms with Crippen LogP contribution in [0.1, 0.15) is 36.0 Å². The molecule has 1 fully saturated rings. The summed E-state index contributed by atoms with van der Waals surface area (Å²) in [4.78, 5) is 12.1. The van der Waals surface area contributed by atoms with Crippen LogP contribution in [0, 0.1) is 0 Å². The van der Waals surface area contributed by atoms with Gasteiger partial charge in [0.1, 0.15) is 0 Å². The zero-order valence-electron chi connectivity index (χ0n) is 9.96. The maximum absolute atomic E-state index is 12.1. The second kappa shape index (κ2) is 6.04. The van der Waals surface area contributed by atoms with Gasteiger partial charge in [0, 0.05) is 16.6 Å². The summed E-state index contributed by atoms with van der Waals surface area (Å²) in [5.41, 5.74) is 6.51. The van der Waals surface area contributed by atoms with Crippen molar-refractivity contribution >= 4 is 33.4 Å². The van der Waals surface area contributed by atoms with E-state index < -0.39 is 0 Å². The van der Waals surface area contributed by atoms with E-state index >= 15 is 0 Å². The number of benzene rings is 1. The fourth-order valence-electron chi connectivity index (χ4n) is 2.26. The van der Waals surface area contributed by atoms with Gasteiger partial charge in [-0.2, -0.15) is 0 Å². The van der Waals surface area contributed by atoms with Gasteiger partial charge in [0.25, 0.3) is 5.91 Å². The first-order valence-electron chi connectivity index (χ1n) is 6.09. The molecule has 3 N–H and O–H groups in total. The molecule has 0 bridgehead atoms. The van der Waals surface area contributed by atoms with Crippen molar-refractivity contribution in [2.45, 2.75) is 37.8 Å². The fraction of sp³-hybridized carbons (Fsp3) is 0.462. The van der Waals surface area contributed by atoms with E-state index in [0.717, 1.165) is 30.2 Å². The van der Waals surface area contributed by atoms with Crippen molar-refractivity contribution in [3.8, 4) is 0 Å². The third kappa shape index (κ3) is 3.25. The Bertz CT molecular complexity index is 453. The van der Waals surface area contributed by atoms with Crippen molar-refractivity contribution in [2.75, 3.05) is 0 Å². The molecule has 0 heterocycles. The number of halogens is 2. The molecule has 18 heavy (non-hydrogen) atoms. The van der Waals surface area contributed by atoms with Gasteiger partial charge in [-0.1, -0.05) is 40.4 Å². The van der Waals surface area contributed by atoms with E-state index in [2.05, 4.69) is 21.2 Å². The fourth-order valence-corrected chi connectivity index (χ4v) is 3.02. The lowest BCUT2D eigenvalue weighted by Gasteiger charge is -2.29. The quantitative estimate of drug-likeness (QED) is 0.875. The van der Waals surface area contributed by atoms with Crippen molar-refractivity contribution in [3.05, 3.63) is 33.3 Å². The standard InChI is InChI=1S/C13H16BrClN2O/c14-8-5-6-9(10(15)7-8)13(18)17-12-4-2-1-3-11(12)16/h5-7,11-12H,1-4,16H2,(H,17,18). The van der Waals surface area contributed by atoms with Crippen molar-refractivity contribution < 1.29 is 4.79 Å². The molecule has 0 saturated heterocycles. The second-order valence-corrected chi connectivity index (χ2v) is 5.98. The van der Waals surface area contributed by atoms with Crippen LogP contribution >= 0.6 is 27.5 Å². The molecule has 0 radical (unpaired) electrons. The number of carbonyl (C=O) groups is 1. The van der Waals surface area contributed by atoms with Gasteiger partial charge in [-0.15, -0.1) is 0 Å². The molecule has 2 unspecified atom stereocenters. The average Bonchev–Trinajstić information content (AvgIpc) is 2.32. The molecular weight excluding hydrogens is 316 g/mol. The summed E-state index contributed by atoms with van der Waals surface area (Å²) in [7, 11) is 0. The van der Waals surface area contributed by atoms with Gasteiger partial charge < -0.3 is 11.1 Å². The molecule has 3 nitrogen and oxygen atoms in total. The van der Waals surface area contributed by atoms with E-state index in [0.29, 0.717) is 10.6 Å². The van der Waals surface area contributed by atoms with Crippen LogP contribution in [0.15, 0.2) is 22.7 Å². The first kappa shape index (κ1) is 13.8. The van der Waals surface area contributed by atoms with Gasteiger partial charge in [0.2, 0.25) is 0 Å². The minimum atomic E-state index is -0.144. The van der Waals surface area contributed by atoms with Gasteiger partial charge in [-0.3, -0.25) is 4.79 Å². The zero-order valence-corrected chi connectivity index (χ0v) is 12.3. The molecule has 1 aliphatic carbocycles. The highest BCUT2D eigenvalue weighted by atomic mass is 79.9. The Labute approximate surface area is 120 Å². The topological polar surface area (TPSA) is 55.1 Å². The minimum Gasteiger partial charge on any atom is -0.348 e. The van der Waals surface area contributed by atoms with Crippen molar-refractivity contribution in [1.29, 1.82) is 0 Å². The Morgan fingerprint density at radius 2 is 2.11 bits per heavy atom. The Morgan fingerprint density at radius 1 is 1.39 bits per heavy atom. The van der Waals surface area contributed by atoms with E-state index in [1.165, 1.54) is 0 Å². The van der Waals surface area contributed by atoms with Gasteiger partial charge in [0.15, 0.2) is 0 Å². The third-order valence-electron chi connectivity index (χ3n) is 3.31. The van der Waals surface area contributed by atoms with Crippen LogP contribution in [0.3, 0.4) is 0 Å². The lowest BCUT2D eigenvalue weighted by Crippen LogP contribution is -2.49. The number of rotatable bonds is 2. The summed E-state index contributed by atoms with van der Waals surface area (Å²) < 4.78 is 0.860. The molecule has 1 aromatic rings. The van der Waals surface area contributed by atoms with Crippen LogP contribution in [0.4, 0.5) is 0 Å². The van der Waals surface area contributed by atoms with E-state index in [4.69, 9.17) is 17.3 Å². The smallest absolute Gasteiger partial charge is 0.253 e. The summed E-state index contributed by atoms with van der Waals surface area (Å²) in [5.74, 6) is -0.144. The largest absolute Gasteiger partial charge is 0.348 e. The number of hydrogen-bond acceptors (Lipinski definition) is 2. The summed E-state index contributed by atoms with van der Waals surface area (Å²) in [6.07, 6.45) is 4.18. The lowest BCUT2D eigenvalue weighted by atomic mass is 9.91. The SMILES string of the molecule is NC1CCCCC1NC(=O)c1ccc(Br)cc1Cl. The molecular formula is C13H16BrClN2O. The molecule has 1 amide bonds. The zero-order chi connectivity index (χ0) is 13.1. The normalized spacial score (nSPS) is 23.7. The van der Waals surface area contributed by atoms with Gasteiger partial charge >= 0.3 is 0 Å². The highest BCUT2D eigenvalue weighted by Crippen LogP contribution is 2.22. The molecule has 0 aromatic heterocycles. The van der Waals surface area contributed by atoms with Crippen LogP contribution in [-0.4, -0.2) is 18.0 Å². The molecule has 1 aromatic carbocycles. The van der Waals surface area contributed by atoms with Crippen molar-refractivity contribution in [2.24, 2.45) is 5.73 Å². The molecule has 1 saturated carbocycles. The van der Waals surface area contributed by atoms with Crippen molar-refractivity contribution in [3.63, 3.8) is 0 Å². The average molecular weight is 332 g/mol. The summed E-state index contributed by atoms with van der Waals surface area (Å²) in [6.45, 7) is 0. The Balaban J connectivity index is 2.07. The van der Waals surface area contributed by atoms with Gasteiger partial charge in [-0.25, -0.2) is 0 Å².